The summed E-state index contributed by atoms with van der Waals surface area (Å²) in [6, 6.07) is 5.72. The highest BCUT2D eigenvalue weighted by atomic mass is 35.5. The van der Waals surface area contributed by atoms with E-state index in [2.05, 4.69) is 21.9 Å². The molecule has 0 unspecified atom stereocenters. The van der Waals surface area contributed by atoms with Crippen LogP contribution in [0.1, 0.15) is 11.1 Å². The van der Waals surface area contributed by atoms with Crippen molar-refractivity contribution in [2.45, 2.75) is 13.8 Å². The van der Waals surface area contributed by atoms with E-state index in [-0.39, 0.29) is 0 Å². The third-order valence-corrected chi connectivity index (χ3v) is 3.35. The fourth-order valence-electron chi connectivity index (χ4n) is 2.04. The maximum Gasteiger partial charge on any atom is 0.207 e. The minimum absolute atomic E-state index is 0.370. The summed E-state index contributed by atoms with van der Waals surface area (Å²) < 4.78 is 1.77. The van der Waals surface area contributed by atoms with Crippen LogP contribution >= 0.6 is 11.6 Å². The van der Waals surface area contributed by atoms with Crippen LogP contribution in [0.15, 0.2) is 24.5 Å². The molecular weight excluding hydrogens is 262 g/mol. The summed E-state index contributed by atoms with van der Waals surface area (Å²) in [6.07, 6.45) is 1.41. The maximum atomic E-state index is 5.98. The normalized spacial score (nSPS) is 11.1. The van der Waals surface area contributed by atoms with E-state index in [1.165, 1.54) is 17.5 Å². The van der Waals surface area contributed by atoms with Gasteiger partial charge in [-0.1, -0.05) is 11.6 Å². The second kappa shape index (κ2) is 4.20. The smallest absolute Gasteiger partial charge is 0.207 e. The molecule has 0 fully saturated rings. The average molecular weight is 274 g/mol. The lowest BCUT2D eigenvalue weighted by molar-refractivity contribution is 1.01. The van der Waals surface area contributed by atoms with Crippen LogP contribution in [0.3, 0.4) is 0 Å². The molecule has 0 saturated carbocycles. The van der Waals surface area contributed by atoms with E-state index in [9.17, 15) is 0 Å². The molecule has 6 heteroatoms. The zero-order chi connectivity index (χ0) is 13.6. The van der Waals surface area contributed by atoms with Crippen molar-refractivity contribution in [2.75, 3.05) is 5.73 Å². The molecule has 0 atom stereocenters. The largest absolute Gasteiger partial charge is 0.369 e. The third-order valence-electron chi connectivity index (χ3n) is 3.14. The van der Waals surface area contributed by atoms with Crippen molar-refractivity contribution in [2.24, 2.45) is 0 Å². The van der Waals surface area contributed by atoms with Crippen molar-refractivity contribution < 1.29 is 0 Å². The van der Waals surface area contributed by atoms with Gasteiger partial charge in [0.15, 0.2) is 0 Å². The van der Waals surface area contributed by atoms with Crippen LogP contribution in [0.4, 0.5) is 5.95 Å². The number of aryl methyl sites for hydroxylation is 2. The lowest BCUT2D eigenvalue weighted by atomic mass is 10.1. The molecule has 2 heterocycles. The van der Waals surface area contributed by atoms with Gasteiger partial charge < -0.3 is 5.73 Å². The van der Waals surface area contributed by atoms with Crippen molar-refractivity contribution >= 4 is 28.6 Å². The van der Waals surface area contributed by atoms with Crippen LogP contribution < -0.4 is 5.73 Å². The lowest BCUT2D eigenvalue weighted by Crippen LogP contribution is -2.03. The number of nitrogen functional groups attached to an aromatic ring is 1. The molecule has 5 nitrogen and oxygen atoms in total. The van der Waals surface area contributed by atoms with Gasteiger partial charge in [0.25, 0.3) is 0 Å². The quantitative estimate of drug-likeness (QED) is 0.692. The van der Waals surface area contributed by atoms with Gasteiger partial charge in [0.05, 0.1) is 11.0 Å². The van der Waals surface area contributed by atoms with Crippen LogP contribution in [0, 0.1) is 13.8 Å². The Labute approximate surface area is 115 Å². The summed E-state index contributed by atoms with van der Waals surface area (Å²) in [4.78, 5) is 12.4. The Bertz CT molecular complexity index is 778. The molecule has 0 radical (unpaired) electrons. The number of fused-ring (bicyclic) bond motifs is 1. The van der Waals surface area contributed by atoms with Crippen molar-refractivity contribution in [3.05, 3.63) is 40.8 Å². The van der Waals surface area contributed by atoms with E-state index in [1.54, 1.807) is 10.6 Å². The monoisotopic (exact) mass is 273 g/mol. The number of nitrogens with zero attached hydrogens (tertiary/aromatic N) is 4. The predicted octanol–water partition coefficient (Wildman–Crippen LogP) is 2.67. The second-order valence-electron chi connectivity index (χ2n) is 4.43. The molecule has 0 aliphatic rings. The second-order valence-corrected chi connectivity index (χ2v) is 4.82. The Morgan fingerprint density at radius 2 is 1.84 bits per heavy atom. The molecule has 2 aromatic heterocycles. The Morgan fingerprint density at radius 3 is 2.58 bits per heavy atom. The molecule has 0 bridgehead atoms. The number of nitrogens with two attached hydrogens (primary N) is 1. The zero-order valence-corrected chi connectivity index (χ0v) is 11.3. The van der Waals surface area contributed by atoms with E-state index >= 15 is 0 Å². The topological polar surface area (TPSA) is 69.6 Å². The first-order valence-corrected chi connectivity index (χ1v) is 6.17. The molecule has 3 aromatic rings. The molecule has 0 spiro atoms. The summed E-state index contributed by atoms with van der Waals surface area (Å²) in [5.74, 6) is 0.998. The maximum absolute atomic E-state index is 5.98. The van der Waals surface area contributed by atoms with Gasteiger partial charge in [-0.15, -0.1) is 0 Å². The molecule has 0 amide bonds. The number of rotatable bonds is 1. The SMILES string of the molecule is Cc1cc2nc(N)n(-c3cc(Cl)ncn3)c2cc1C. The molecule has 3 rings (SSSR count). The van der Waals surface area contributed by atoms with Crippen molar-refractivity contribution in [3.8, 4) is 5.82 Å². The van der Waals surface area contributed by atoms with E-state index < -0.39 is 0 Å². The number of imidazole rings is 1. The summed E-state index contributed by atoms with van der Waals surface area (Å²) in [7, 11) is 0. The Hall–Kier alpha value is -2.14. The van der Waals surface area contributed by atoms with Gasteiger partial charge in [0.1, 0.15) is 17.3 Å². The molecule has 1 aromatic carbocycles. The highest BCUT2D eigenvalue weighted by Crippen LogP contribution is 2.25. The summed E-state index contributed by atoms with van der Waals surface area (Å²) in [5.41, 5.74) is 10.1. The Balaban J connectivity index is 2.34. The number of hydrogen-bond donors (Lipinski definition) is 1. The van der Waals surface area contributed by atoms with E-state index in [1.807, 2.05) is 19.1 Å². The van der Waals surface area contributed by atoms with Gasteiger partial charge in [-0.05, 0) is 37.1 Å². The minimum Gasteiger partial charge on any atom is -0.369 e. The highest BCUT2D eigenvalue weighted by Gasteiger charge is 2.12. The number of anilines is 1. The lowest BCUT2D eigenvalue weighted by Gasteiger charge is -2.06. The van der Waals surface area contributed by atoms with Gasteiger partial charge in [-0.25, -0.2) is 15.0 Å². The van der Waals surface area contributed by atoms with Crippen LogP contribution in [-0.4, -0.2) is 19.5 Å². The number of aromatic nitrogens is 4. The first-order valence-electron chi connectivity index (χ1n) is 5.79. The molecule has 96 valence electrons. The number of hydrogen-bond acceptors (Lipinski definition) is 4. The zero-order valence-electron chi connectivity index (χ0n) is 10.6. The Kier molecular flexibility index (Phi) is 2.64. The van der Waals surface area contributed by atoms with Crippen molar-refractivity contribution in [1.82, 2.24) is 19.5 Å². The summed E-state index contributed by atoms with van der Waals surface area (Å²) >= 11 is 5.90. The first kappa shape index (κ1) is 11.9. The Morgan fingerprint density at radius 1 is 1.11 bits per heavy atom. The van der Waals surface area contributed by atoms with Crippen LogP contribution in [0.25, 0.3) is 16.9 Å². The molecular formula is C13H12ClN5. The van der Waals surface area contributed by atoms with E-state index in [0.717, 1.165) is 11.0 Å². The van der Waals surface area contributed by atoms with E-state index in [4.69, 9.17) is 17.3 Å². The van der Waals surface area contributed by atoms with Gasteiger partial charge in [0, 0.05) is 6.07 Å². The fourth-order valence-corrected chi connectivity index (χ4v) is 2.18. The molecule has 0 aliphatic carbocycles. The fraction of sp³-hybridized carbons (Fsp3) is 0.154. The van der Waals surface area contributed by atoms with Crippen LogP contribution in [0.5, 0.6) is 0 Å². The standard InChI is InChI=1S/C13H12ClN5/c1-7-3-9-10(4-8(7)2)19(13(15)18-9)12-5-11(14)16-6-17-12/h3-6H,1-2H3,(H2,15,18). The predicted molar refractivity (Wildman–Crippen MR) is 75.6 cm³/mol. The molecule has 0 saturated heterocycles. The van der Waals surface area contributed by atoms with Crippen molar-refractivity contribution in [3.63, 3.8) is 0 Å². The van der Waals surface area contributed by atoms with Gasteiger partial charge in [-0.3, -0.25) is 4.57 Å². The highest BCUT2D eigenvalue weighted by molar-refractivity contribution is 6.29. The average Bonchev–Trinajstić information content (AvgIpc) is 2.65. The first-order chi connectivity index (χ1) is 9.06. The molecule has 0 aliphatic heterocycles. The molecule has 19 heavy (non-hydrogen) atoms. The van der Waals surface area contributed by atoms with Crippen LogP contribution in [0.2, 0.25) is 5.15 Å². The molecule has 2 N–H and O–H groups in total. The van der Waals surface area contributed by atoms with Gasteiger partial charge >= 0.3 is 0 Å². The van der Waals surface area contributed by atoms with Crippen molar-refractivity contribution in [1.29, 1.82) is 0 Å². The number of benzene rings is 1. The van der Waals surface area contributed by atoms with E-state index in [0.29, 0.717) is 16.9 Å². The summed E-state index contributed by atoms with van der Waals surface area (Å²) in [5, 5.41) is 0.370. The van der Waals surface area contributed by atoms with Gasteiger partial charge in [0.2, 0.25) is 5.95 Å². The summed E-state index contributed by atoms with van der Waals surface area (Å²) in [6.45, 7) is 4.10. The minimum atomic E-state index is 0.370. The third kappa shape index (κ3) is 1.92. The van der Waals surface area contributed by atoms with Crippen LogP contribution in [-0.2, 0) is 0 Å². The number of halogens is 1. The van der Waals surface area contributed by atoms with Gasteiger partial charge in [-0.2, -0.15) is 0 Å².